The molecule has 5 nitrogen and oxygen atoms in total. The fraction of sp³-hybridized carbons (Fsp3) is 0.522. The van der Waals surface area contributed by atoms with Crippen molar-refractivity contribution < 1.29 is 4.79 Å². The van der Waals surface area contributed by atoms with Crippen LogP contribution >= 0.6 is 0 Å². The Morgan fingerprint density at radius 1 is 1.29 bits per heavy atom. The largest absolute Gasteiger partial charge is 0.358 e. The second kappa shape index (κ2) is 6.75. The summed E-state index contributed by atoms with van der Waals surface area (Å²) in [5, 5.41) is 3.37. The van der Waals surface area contributed by atoms with Crippen molar-refractivity contribution in [1.82, 2.24) is 20.3 Å². The first-order valence-electron chi connectivity index (χ1n) is 10.7. The van der Waals surface area contributed by atoms with Gasteiger partial charge in [0.1, 0.15) is 0 Å². The van der Waals surface area contributed by atoms with Crippen LogP contribution < -0.4 is 5.43 Å². The highest BCUT2D eigenvalue weighted by Gasteiger charge is 2.39. The van der Waals surface area contributed by atoms with Crippen molar-refractivity contribution in [3.8, 4) is 0 Å². The van der Waals surface area contributed by atoms with Crippen molar-refractivity contribution in [2.75, 3.05) is 26.7 Å². The summed E-state index contributed by atoms with van der Waals surface area (Å²) < 4.78 is 0. The highest BCUT2D eigenvalue weighted by Crippen LogP contribution is 2.48. The van der Waals surface area contributed by atoms with Crippen LogP contribution in [0.15, 0.2) is 24.3 Å². The second-order valence-electron chi connectivity index (χ2n) is 8.56. The number of benzene rings is 1. The van der Waals surface area contributed by atoms with Crippen LogP contribution in [0.4, 0.5) is 0 Å². The van der Waals surface area contributed by atoms with E-state index >= 15 is 0 Å². The second-order valence-corrected chi connectivity index (χ2v) is 8.56. The lowest BCUT2D eigenvalue weighted by Crippen LogP contribution is -2.50. The molecule has 2 N–H and O–H groups in total. The van der Waals surface area contributed by atoms with Crippen LogP contribution in [0.25, 0.3) is 16.5 Å². The van der Waals surface area contributed by atoms with Crippen LogP contribution in [0.2, 0.25) is 0 Å². The van der Waals surface area contributed by atoms with E-state index in [2.05, 4.69) is 60.5 Å². The number of H-pyrrole nitrogens is 1. The van der Waals surface area contributed by atoms with Crippen molar-refractivity contribution in [2.45, 2.75) is 45.1 Å². The zero-order chi connectivity index (χ0) is 19.4. The quantitative estimate of drug-likeness (QED) is 0.785. The van der Waals surface area contributed by atoms with Gasteiger partial charge in [0.25, 0.3) is 0 Å². The van der Waals surface area contributed by atoms with Crippen molar-refractivity contribution in [3.63, 3.8) is 0 Å². The highest BCUT2D eigenvalue weighted by atomic mass is 16.2. The molecule has 28 heavy (non-hydrogen) atoms. The summed E-state index contributed by atoms with van der Waals surface area (Å²) in [6.45, 7) is 6.55. The number of carbonyl (C=O) groups excluding carboxylic acids is 1. The van der Waals surface area contributed by atoms with Crippen molar-refractivity contribution in [3.05, 3.63) is 41.1 Å². The predicted octanol–water partition coefficient (Wildman–Crippen LogP) is 3.29. The molecule has 1 amide bonds. The Labute approximate surface area is 166 Å². The first kappa shape index (κ1) is 18.0. The molecule has 0 bridgehead atoms. The molecule has 3 aliphatic rings. The van der Waals surface area contributed by atoms with Gasteiger partial charge in [0.2, 0.25) is 5.91 Å². The molecule has 148 valence electrons. The molecule has 2 aromatic rings. The first-order chi connectivity index (χ1) is 13.6. The van der Waals surface area contributed by atoms with Gasteiger partial charge in [-0.05, 0) is 55.0 Å². The van der Waals surface area contributed by atoms with Crippen molar-refractivity contribution >= 4 is 22.4 Å². The van der Waals surface area contributed by atoms with Gasteiger partial charge in [-0.25, -0.2) is 5.01 Å². The lowest BCUT2D eigenvalue weighted by atomic mass is 9.79. The molecule has 1 aliphatic heterocycles. The number of aromatic nitrogens is 1. The molecule has 2 unspecified atom stereocenters. The zero-order valence-corrected chi connectivity index (χ0v) is 17.1. The molecular formula is C23H30N4O. The van der Waals surface area contributed by atoms with E-state index in [4.69, 9.17) is 0 Å². The number of fused-ring (bicyclic) bond motifs is 2. The van der Waals surface area contributed by atoms with E-state index in [0.29, 0.717) is 6.04 Å². The molecular weight excluding hydrogens is 348 g/mol. The Kier molecular flexibility index (Phi) is 4.33. The minimum Gasteiger partial charge on any atom is -0.358 e. The van der Waals surface area contributed by atoms with Gasteiger partial charge in [0, 0.05) is 42.3 Å². The SMILES string of the molecule is CCN(CC)NC(=O)C1C=C2c3cccc4[nH]c(C5CC5)c(c34)CC2N(C)C1. The third-order valence-electron chi connectivity index (χ3n) is 6.78. The molecule has 2 aliphatic carbocycles. The lowest BCUT2D eigenvalue weighted by molar-refractivity contribution is -0.129. The van der Waals surface area contributed by atoms with E-state index in [1.165, 1.54) is 46.1 Å². The maximum absolute atomic E-state index is 12.9. The number of hydrogen-bond donors (Lipinski definition) is 2. The standard InChI is InChI=1S/C23H30N4O/c1-4-27(5-2)25-23(28)15-11-17-16-7-6-8-19-21(16)18(12-20(17)26(3)13-15)22(24-19)14-9-10-14/h6-8,11,14-15,20,24H,4-5,9-10,12-13H2,1-3H3,(H,25,28). The Morgan fingerprint density at radius 2 is 2.07 bits per heavy atom. The van der Waals surface area contributed by atoms with Gasteiger partial charge in [-0.3, -0.25) is 15.1 Å². The Bertz CT molecular complexity index is 951. The average molecular weight is 379 g/mol. The third kappa shape index (κ3) is 2.80. The average Bonchev–Trinajstić information content (AvgIpc) is 3.49. The van der Waals surface area contributed by atoms with Crippen molar-refractivity contribution in [1.29, 1.82) is 0 Å². The van der Waals surface area contributed by atoms with Gasteiger partial charge in [-0.15, -0.1) is 0 Å². The Morgan fingerprint density at radius 3 is 2.79 bits per heavy atom. The van der Waals surface area contributed by atoms with E-state index in [1.807, 2.05) is 5.01 Å². The van der Waals surface area contributed by atoms with E-state index in [0.717, 1.165) is 32.0 Å². The van der Waals surface area contributed by atoms with Crippen molar-refractivity contribution in [2.24, 2.45) is 5.92 Å². The van der Waals surface area contributed by atoms with E-state index < -0.39 is 0 Å². The van der Waals surface area contributed by atoms with Gasteiger partial charge >= 0.3 is 0 Å². The van der Waals surface area contributed by atoms with Gasteiger partial charge in [0.05, 0.1) is 5.92 Å². The summed E-state index contributed by atoms with van der Waals surface area (Å²) in [6.07, 6.45) is 5.92. The maximum atomic E-state index is 12.9. The summed E-state index contributed by atoms with van der Waals surface area (Å²) in [7, 11) is 2.17. The van der Waals surface area contributed by atoms with E-state index in [9.17, 15) is 4.79 Å². The molecule has 0 spiro atoms. The van der Waals surface area contributed by atoms with Crippen LogP contribution in [0, 0.1) is 5.92 Å². The summed E-state index contributed by atoms with van der Waals surface area (Å²) in [5.41, 5.74) is 9.98. The summed E-state index contributed by atoms with van der Waals surface area (Å²) in [6, 6.07) is 6.96. The number of carbonyl (C=O) groups is 1. The molecule has 1 saturated carbocycles. The number of nitrogens with zero attached hydrogens (tertiary/aromatic N) is 2. The van der Waals surface area contributed by atoms with Crippen LogP contribution in [0.1, 0.15) is 49.4 Å². The number of hydrogen-bond acceptors (Lipinski definition) is 3. The summed E-state index contributed by atoms with van der Waals surface area (Å²) in [5.74, 6) is 0.713. The third-order valence-corrected chi connectivity index (χ3v) is 6.78. The molecule has 5 heteroatoms. The molecule has 1 aromatic heterocycles. The van der Waals surface area contributed by atoms with Gasteiger partial charge in [-0.2, -0.15) is 0 Å². The number of rotatable bonds is 5. The molecule has 0 saturated heterocycles. The monoisotopic (exact) mass is 378 g/mol. The number of aromatic amines is 1. The number of amides is 1. The molecule has 0 radical (unpaired) electrons. The number of nitrogens with one attached hydrogen (secondary N) is 2. The number of hydrazine groups is 1. The van der Waals surface area contributed by atoms with Crippen LogP contribution in [0.5, 0.6) is 0 Å². The smallest absolute Gasteiger partial charge is 0.242 e. The van der Waals surface area contributed by atoms with Gasteiger partial charge in [-0.1, -0.05) is 32.1 Å². The molecule has 1 aromatic carbocycles. The zero-order valence-electron chi connectivity index (χ0n) is 17.1. The maximum Gasteiger partial charge on any atom is 0.242 e. The van der Waals surface area contributed by atoms with Gasteiger partial charge in [0.15, 0.2) is 0 Å². The Balaban J connectivity index is 1.55. The molecule has 5 rings (SSSR count). The first-order valence-corrected chi connectivity index (χ1v) is 10.7. The van der Waals surface area contributed by atoms with E-state index in [1.54, 1.807) is 0 Å². The molecule has 2 heterocycles. The summed E-state index contributed by atoms with van der Waals surface area (Å²) in [4.78, 5) is 19.0. The predicted molar refractivity (Wildman–Crippen MR) is 113 cm³/mol. The van der Waals surface area contributed by atoms with Crippen LogP contribution in [-0.2, 0) is 11.2 Å². The van der Waals surface area contributed by atoms with Crippen LogP contribution in [-0.4, -0.2) is 53.5 Å². The fourth-order valence-corrected chi connectivity index (χ4v) is 5.07. The van der Waals surface area contributed by atoms with Gasteiger partial charge < -0.3 is 4.98 Å². The minimum absolute atomic E-state index is 0.104. The molecule has 1 fully saturated rings. The Hall–Kier alpha value is -2.11. The van der Waals surface area contributed by atoms with Crippen LogP contribution in [0.3, 0.4) is 0 Å². The van der Waals surface area contributed by atoms with E-state index in [-0.39, 0.29) is 11.8 Å². The summed E-state index contributed by atoms with van der Waals surface area (Å²) >= 11 is 0. The lowest BCUT2D eigenvalue weighted by Gasteiger charge is -2.40. The normalized spacial score (nSPS) is 24.4. The fourth-order valence-electron chi connectivity index (χ4n) is 5.07. The molecule has 2 atom stereocenters. The minimum atomic E-state index is -0.115. The topological polar surface area (TPSA) is 51.4 Å². The highest BCUT2D eigenvalue weighted by molar-refractivity contribution is 6.00. The number of likely N-dealkylation sites (N-methyl/N-ethyl adjacent to an activating group) is 1.